The average molecular weight is 380 g/mol. The molecule has 1 amide bonds. The Labute approximate surface area is 161 Å². The van der Waals surface area contributed by atoms with Crippen molar-refractivity contribution in [1.29, 1.82) is 0 Å². The minimum atomic E-state index is -0.411. The number of carbonyl (C=O) groups excluding carboxylic acids is 1. The molecule has 4 rings (SSSR count). The number of nitrogens with one attached hydrogen (secondary N) is 1. The first-order valence-corrected chi connectivity index (χ1v) is 8.89. The molecule has 0 saturated carbocycles. The van der Waals surface area contributed by atoms with Gasteiger partial charge in [-0.25, -0.2) is 15.0 Å². The molecule has 0 spiro atoms. The third-order valence-electron chi connectivity index (χ3n) is 4.17. The minimum Gasteiger partial charge on any atom is -0.486 e. The van der Waals surface area contributed by atoms with Crippen molar-refractivity contribution in [3.05, 3.63) is 48.5 Å². The Morgan fingerprint density at radius 2 is 1.75 bits per heavy atom. The number of hydrogen-bond acceptors (Lipinski definition) is 7. The van der Waals surface area contributed by atoms with E-state index < -0.39 is 5.91 Å². The van der Waals surface area contributed by atoms with Crippen molar-refractivity contribution in [1.82, 2.24) is 15.0 Å². The molecule has 28 heavy (non-hydrogen) atoms. The molecule has 8 heteroatoms. The first kappa shape index (κ1) is 18.0. The number of anilines is 1. The molecule has 8 nitrogen and oxygen atoms in total. The zero-order valence-corrected chi connectivity index (χ0v) is 15.9. The highest BCUT2D eigenvalue weighted by Gasteiger charge is 2.22. The molecule has 3 aromatic rings. The van der Waals surface area contributed by atoms with Gasteiger partial charge in [0.25, 0.3) is 5.91 Å². The van der Waals surface area contributed by atoms with Gasteiger partial charge >= 0.3 is 0 Å². The molecule has 3 heterocycles. The molecule has 0 atom stereocenters. The molecule has 2 aromatic heterocycles. The van der Waals surface area contributed by atoms with E-state index in [-0.39, 0.29) is 11.1 Å². The van der Waals surface area contributed by atoms with Crippen LogP contribution < -0.4 is 14.8 Å². The molecule has 1 aliphatic heterocycles. The highest BCUT2D eigenvalue weighted by atomic mass is 16.6. The zero-order valence-electron chi connectivity index (χ0n) is 15.9. The topological polar surface area (TPSA) is 99.4 Å². The predicted molar refractivity (Wildman–Crippen MR) is 102 cm³/mol. The molecule has 0 unspecified atom stereocenters. The van der Waals surface area contributed by atoms with Crippen LogP contribution in [0.1, 0.15) is 37.1 Å². The normalized spacial score (nSPS) is 13.2. The Hall–Kier alpha value is -3.42. The molecule has 144 valence electrons. The second kappa shape index (κ2) is 6.95. The summed E-state index contributed by atoms with van der Waals surface area (Å²) in [5.41, 5.74) is 1.15. The zero-order chi connectivity index (χ0) is 19.7. The van der Waals surface area contributed by atoms with Crippen LogP contribution in [0.2, 0.25) is 0 Å². The monoisotopic (exact) mass is 380 g/mol. The number of rotatable bonds is 3. The molecule has 1 aromatic carbocycles. The fourth-order valence-corrected chi connectivity index (χ4v) is 2.77. The molecular weight excluding hydrogens is 360 g/mol. The van der Waals surface area contributed by atoms with Gasteiger partial charge in [-0.15, -0.1) is 0 Å². The lowest BCUT2D eigenvalue weighted by Crippen LogP contribution is -2.18. The van der Waals surface area contributed by atoms with E-state index in [1.165, 1.54) is 6.39 Å². The predicted octanol–water partition coefficient (Wildman–Crippen LogP) is 3.45. The largest absolute Gasteiger partial charge is 0.486 e. The number of hydrogen-bond donors (Lipinski definition) is 1. The van der Waals surface area contributed by atoms with E-state index in [9.17, 15) is 4.79 Å². The van der Waals surface area contributed by atoms with Crippen LogP contribution in [0, 0.1) is 0 Å². The van der Waals surface area contributed by atoms with E-state index in [2.05, 4.69) is 20.3 Å². The van der Waals surface area contributed by atoms with Gasteiger partial charge in [0.05, 0.1) is 18.1 Å². The standard InChI is InChI=1S/C20H20N4O4/c1-20(2,3)19-21-9-13(10-22-19)24-18(25)16-17(28-11-23-16)12-4-5-14-15(8-12)27-7-6-26-14/h4-5,8-11H,6-7H2,1-3H3,(H,24,25). The first-order valence-electron chi connectivity index (χ1n) is 8.89. The van der Waals surface area contributed by atoms with Crippen molar-refractivity contribution in [3.8, 4) is 22.8 Å². The maximum atomic E-state index is 12.7. The third kappa shape index (κ3) is 3.53. The summed E-state index contributed by atoms with van der Waals surface area (Å²) in [7, 11) is 0. The lowest BCUT2D eigenvalue weighted by molar-refractivity contribution is 0.102. The Morgan fingerprint density at radius 3 is 2.46 bits per heavy atom. The maximum absolute atomic E-state index is 12.7. The van der Waals surface area contributed by atoms with Crippen LogP contribution in [-0.4, -0.2) is 34.1 Å². The summed E-state index contributed by atoms with van der Waals surface area (Å²) in [5.74, 6) is 1.91. The molecule has 0 saturated heterocycles. The van der Waals surface area contributed by atoms with Crippen LogP contribution in [0.25, 0.3) is 11.3 Å². The highest BCUT2D eigenvalue weighted by Crippen LogP contribution is 2.35. The summed E-state index contributed by atoms with van der Waals surface area (Å²) in [6.45, 7) is 7.06. The lowest BCUT2D eigenvalue weighted by Gasteiger charge is -2.18. The van der Waals surface area contributed by atoms with Crippen LogP contribution in [0.4, 0.5) is 5.69 Å². The fraction of sp³-hybridized carbons (Fsp3) is 0.300. The van der Waals surface area contributed by atoms with Crippen LogP contribution in [0.3, 0.4) is 0 Å². The van der Waals surface area contributed by atoms with Crippen molar-refractivity contribution in [2.45, 2.75) is 26.2 Å². The molecular formula is C20H20N4O4. The average Bonchev–Trinajstić information content (AvgIpc) is 3.17. The summed E-state index contributed by atoms with van der Waals surface area (Å²) in [4.78, 5) is 25.4. The third-order valence-corrected chi connectivity index (χ3v) is 4.17. The van der Waals surface area contributed by atoms with Crippen molar-refractivity contribution in [3.63, 3.8) is 0 Å². The summed E-state index contributed by atoms with van der Waals surface area (Å²) >= 11 is 0. The van der Waals surface area contributed by atoms with E-state index in [1.54, 1.807) is 30.6 Å². The van der Waals surface area contributed by atoms with E-state index in [0.29, 0.717) is 47.5 Å². The van der Waals surface area contributed by atoms with Crippen molar-refractivity contribution < 1.29 is 18.7 Å². The molecule has 0 bridgehead atoms. The van der Waals surface area contributed by atoms with Crippen LogP contribution in [-0.2, 0) is 5.41 Å². The van der Waals surface area contributed by atoms with Gasteiger partial charge in [-0.1, -0.05) is 20.8 Å². The van der Waals surface area contributed by atoms with Gasteiger partial charge in [0.15, 0.2) is 29.3 Å². The number of ether oxygens (including phenoxy) is 2. The molecule has 0 aliphatic carbocycles. The van der Waals surface area contributed by atoms with Gasteiger partial charge in [-0.05, 0) is 18.2 Å². The van der Waals surface area contributed by atoms with Crippen molar-refractivity contribution in [2.24, 2.45) is 0 Å². The van der Waals surface area contributed by atoms with E-state index >= 15 is 0 Å². The number of carbonyl (C=O) groups is 1. The van der Waals surface area contributed by atoms with E-state index in [1.807, 2.05) is 20.8 Å². The number of aromatic nitrogens is 3. The van der Waals surface area contributed by atoms with Crippen LogP contribution >= 0.6 is 0 Å². The summed E-state index contributed by atoms with van der Waals surface area (Å²) in [5, 5.41) is 2.75. The number of oxazole rings is 1. The molecule has 0 radical (unpaired) electrons. The summed E-state index contributed by atoms with van der Waals surface area (Å²) < 4.78 is 16.6. The Morgan fingerprint density at radius 1 is 1.04 bits per heavy atom. The maximum Gasteiger partial charge on any atom is 0.278 e. The Bertz CT molecular complexity index is 1010. The first-order chi connectivity index (χ1) is 13.4. The number of nitrogens with zero attached hydrogens (tertiary/aromatic N) is 3. The lowest BCUT2D eigenvalue weighted by atomic mass is 9.96. The van der Waals surface area contributed by atoms with E-state index in [4.69, 9.17) is 13.9 Å². The van der Waals surface area contributed by atoms with Crippen molar-refractivity contribution in [2.75, 3.05) is 18.5 Å². The smallest absolute Gasteiger partial charge is 0.278 e. The SMILES string of the molecule is CC(C)(C)c1ncc(NC(=O)c2ncoc2-c2ccc3c(c2)OCCO3)cn1. The minimum absolute atomic E-state index is 0.163. The fourth-order valence-electron chi connectivity index (χ4n) is 2.77. The van der Waals surface area contributed by atoms with Gasteiger partial charge < -0.3 is 19.2 Å². The van der Waals surface area contributed by atoms with Gasteiger partial charge in [0, 0.05) is 11.0 Å². The van der Waals surface area contributed by atoms with Gasteiger partial charge in [0.1, 0.15) is 19.0 Å². The molecule has 0 fully saturated rings. The second-order valence-corrected chi connectivity index (χ2v) is 7.39. The number of amides is 1. The quantitative estimate of drug-likeness (QED) is 0.743. The Balaban J connectivity index is 1.56. The second-order valence-electron chi connectivity index (χ2n) is 7.39. The molecule has 1 N–H and O–H groups in total. The van der Waals surface area contributed by atoms with Crippen LogP contribution in [0.15, 0.2) is 41.4 Å². The highest BCUT2D eigenvalue weighted by molar-refractivity contribution is 6.06. The van der Waals surface area contributed by atoms with Gasteiger partial charge in [-0.2, -0.15) is 0 Å². The summed E-state index contributed by atoms with van der Waals surface area (Å²) in [6, 6.07) is 5.35. The Kier molecular flexibility index (Phi) is 4.46. The van der Waals surface area contributed by atoms with Gasteiger partial charge in [-0.3, -0.25) is 4.79 Å². The van der Waals surface area contributed by atoms with E-state index in [0.717, 1.165) is 0 Å². The molecule has 1 aliphatic rings. The van der Waals surface area contributed by atoms with Gasteiger partial charge in [0.2, 0.25) is 0 Å². The summed E-state index contributed by atoms with van der Waals surface area (Å²) in [6.07, 6.45) is 4.39. The van der Waals surface area contributed by atoms with Crippen molar-refractivity contribution >= 4 is 11.6 Å². The number of benzene rings is 1. The van der Waals surface area contributed by atoms with Crippen LogP contribution in [0.5, 0.6) is 11.5 Å². The number of fused-ring (bicyclic) bond motifs is 1.